The molecule has 0 aliphatic rings. The maximum Gasteiger partial charge on any atom is 0.326 e. The van der Waals surface area contributed by atoms with Crippen LogP contribution in [0, 0.1) is 11.8 Å². The third kappa shape index (κ3) is 3.93. The van der Waals surface area contributed by atoms with Crippen molar-refractivity contribution in [2.75, 3.05) is 0 Å². The number of fused-ring (bicyclic) bond motifs is 1. The van der Waals surface area contributed by atoms with E-state index >= 15 is 0 Å². The number of carboxylic acid groups (broad SMARTS) is 1. The third-order valence-electron chi connectivity index (χ3n) is 4.19. The number of nitrogens with one attached hydrogen (secondary N) is 2. The summed E-state index contributed by atoms with van der Waals surface area (Å²) in [5.74, 6) is -1.33. The molecule has 1 aromatic heterocycles. The number of carbonyl (C=O) groups is 2. The average Bonchev–Trinajstić information content (AvgIpc) is 2.89. The van der Waals surface area contributed by atoms with E-state index < -0.39 is 12.0 Å². The molecule has 6 heteroatoms. The predicted octanol–water partition coefficient (Wildman–Crippen LogP) is 3.33. The number of amides is 1. The number of carbonyl (C=O) groups excluding carboxylic acids is 1. The van der Waals surface area contributed by atoms with Crippen LogP contribution in [0.4, 0.5) is 0 Å². The van der Waals surface area contributed by atoms with Crippen molar-refractivity contribution in [1.82, 2.24) is 10.3 Å². The van der Waals surface area contributed by atoms with Crippen LogP contribution >= 0.6 is 15.9 Å². The van der Waals surface area contributed by atoms with Gasteiger partial charge in [-0.1, -0.05) is 42.8 Å². The first-order valence-electron chi connectivity index (χ1n) is 7.59. The second kappa shape index (κ2) is 7.17. The zero-order chi connectivity index (χ0) is 17.1. The minimum absolute atomic E-state index is 0.159. The Hall–Kier alpha value is -1.82. The molecule has 5 nitrogen and oxygen atoms in total. The Morgan fingerprint density at radius 1 is 1.30 bits per heavy atom. The van der Waals surface area contributed by atoms with Gasteiger partial charge < -0.3 is 15.4 Å². The van der Waals surface area contributed by atoms with E-state index in [0.29, 0.717) is 0 Å². The van der Waals surface area contributed by atoms with Gasteiger partial charge in [-0.05, 0) is 23.6 Å². The number of aromatic nitrogens is 1. The first-order chi connectivity index (χ1) is 10.8. The fourth-order valence-corrected chi connectivity index (χ4v) is 3.02. The van der Waals surface area contributed by atoms with E-state index in [-0.39, 0.29) is 24.2 Å². The molecule has 0 aliphatic carbocycles. The molecule has 2 aromatic rings. The zero-order valence-corrected chi connectivity index (χ0v) is 15.0. The summed E-state index contributed by atoms with van der Waals surface area (Å²) in [4.78, 5) is 26.8. The number of aromatic amines is 1. The van der Waals surface area contributed by atoms with Crippen LogP contribution in [0.2, 0.25) is 0 Å². The van der Waals surface area contributed by atoms with Crippen LogP contribution in [0.3, 0.4) is 0 Å². The number of hydrogen-bond donors (Lipinski definition) is 3. The topological polar surface area (TPSA) is 82.2 Å². The number of aliphatic carboxylic acids is 1. The summed E-state index contributed by atoms with van der Waals surface area (Å²) in [5, 5.41) is 13.0. The molecule has 124 valence electrons. The summed E-state index contributed by atoms with van der Waals surface area (Å²) in [5.41, 5.74) is 1.79. The molecule has 1 aromatic carbocycles. The van der Waals surface area contributed by atoms with Gasteiger partial charge in [-0.2, -0.15) is 0 Å². The fourth-order valence-electron chi connectivity index (χ4n) is 2.39. The fraction of sp³-hybridized carbons (Fsp3) is 0.412. The molecule has 2 rings (SSSR count). The van der Waals surface area contributed by atoms with Crippen LogP contribution in [0.15, 0.2) is 28.9 Å². The lowest BCUT2D eigenvalue weighted by molar-refractivity contribution is -0.142. The van der Waals surface area contributed by atoms with Gasteiger partial charge in [0.25, 0.3) is 0 Å². The molecule has 2 atom stereocenters. The number of carboxylic acids is 1. The van der Waals surface area contributed by atoms with Crippen LogP contribution in [-0.2, 0) is 16.0 Å². The molecule has 0 saturated carbocycles. The van der Waals surface area contributed by atoms with Crippen molar-refractivity contribution in [1.29, 1.82) is 0 Å². The molecule has 23 heavy (non-hydrogen) atoms. The Labute approximate surface area is 143 Å². The molecule has 0 radical (unpaired) electrons. The van der Waals surface area contributed by atoms with Gasteiger partial charge in [0.05, 0.1) is 0 Å². The molecule has 3 N–H and O–H groups in total. The Kier molecular flexibility index (Phi) is 5.46. The quantitative estimate of drug-likeness (QED) is 0.718. The number of benzene rings is 1. The van der Waals surface area contributed by atoms with Crippen LogP contribution in [0.25, 0.3) is 10.9 Å². The molecule has 2 unspecified atom stereocenters. The Morgan fingerprint density at radius 2 is 2.00 bits per heavy atom. The number of H-pyrrole nitrogens is 1. The van der Waals surface area contributed by atoms with E-state index in [1.165, 1.54) is 0 Å². The molecule has 0 spiro atoms. The zero-order valence-electron chi connectivity index (χ0n) is 13.4. The van der Waals surface area contributed by atoms with Crippen LogP contribution in [0.1, 0.15) is 26.3 Å². The second-order valence-corrected chi connectivity index (χ2v) is 6.97. The van der Waals surface area contributed by atoms with E-state index in [1.54, 1.807) is 13.1 Å². The van der Waals surface area contributed by atoms with Gasteiger partial charge in [-0.3, -0.25) is 4.79 Å². The van der Waals surface area contributed by atoms with Crippen LogP contribution in [-0.4, -0.2) is 28.0 Å². The standard InChI is InChI=1S/C17H21BrN2O3/c1-9(2)10(3)16(21)20-14(17(22)23)7-11-8-19-13-6-4-5-12(18)15(11)13/h4-6,8-10,14,19H,7H2,1-3H3,(H,20,21)(H,22,23). The minimum Gasteiger partial charge on any atom is -0.480 e. The Bertz CT molecular complexity index is 724. The van der Waals surface area contributed by atoms with Crippen molar-refractivity contribution in [2.45, 2.75) is 33.2 Å². The normalized spacial score (nSPS) is 14.0. The first-order valence-corrected chi connectivity index (χ1v) is 8.38. The lowest BCUT2D eigenvalue weighted by Gasteiger charge is -2.19. The van der Waals surface area contributed by atoms with E-state index in [2.05, 4.69) is 26.2 Å². The molecular weight excluding hydrogens is 360 g/mol. The van der Waals surface area contributed by atoms with Gasteiger partial charge in [0.1, 0.15) is 6.04 Å². The number of rotatable bonds is 6. The maximum absolute atomic E-state index is 12.2. The van der Waals surface area contributed by atoms with Gasteiger partial charge in [0, 0.05) is 33.9 Å². The summed E-state index contributed by atoms with van der Waals surface area (Å²) in [6, 6.07) is 4.80. The summed E-state index contributed by atoms with van der Waals surface area (Å²) in [7, 11) is 0. The highest BCUT2D eigenvalue weighted by molar-refractivity contribution is 9.10. The summed E-state index contributed by atoms with van der Waals surface area (Å²) >= 11 is 3.49. The molecule has 0 saturated heterocycles. The highest BCUT2D eigenvalue weighted by Gasteiger charge is 2.25. The molecule has 1 heterocycles. The van der Waals surface area contributed by atoms with Gasteiger partial charge in [0.15, 0.2) is 0 Å². The van der Waals surface area contributed by atoms with E-state index in [1.807, 2.05) is 32.0 Å². The van der Waals surface area contributed by atoms with Crippen LogP contribution in [0.5, 0.6) is 0 Å². The van der Waals surface area contributed by atoms with Crippen molar-refractivity contribution in [3.05, 3.63) is 34.4 Å². The molecule has 1 amide bonds. The highest BCUT2D eigenvalue weighted by Crippen LogP contribution is 2.27. The Morgan fingerprint density at radius 3 is 2.61 bits per heavy atom. The molecule has 0 bridgehead atoms. The van der Waals surface area contributed by atoms with Gasteiger partial charge >= 0.3 is 5.97 Å². The monoisotopic (exact) mass is 380 g/mol. The lowest BCUT2D eigenvalue weighted by Crippen LogP contribution is -2.45. The van der Waals surface area contributed by atoms with Crippen molar-refractivity contribution in [3.8, 4) is 0 Å². The number of hydrogen-bond acceptors (Lipinski definition) is 2. The van der Waals surface area contributed by atoms with Crippen molar-refractivity contribution < 1.29 is 14.7 Å². The van der Waals surface area contributed by atoms with Gasteiger partial charge in [0.2, 0.25) is 5.91 Å². The van der Waals surface area contributed by atoms with E-state index in [4.69, 9.17) is 0 Å². The summed E-state index contributed by atoms with van der Waals surface area (Å²) in [6.07, 6.45) is 2.03. The average molecular weight is 381 g/mol. The lowest BCUT2D eigenvalue weighted by atomic mass is 9.96. The smallest absolute Gasteiger partial charge is 0.326 e. The maximum atomic E-state index is 12.2. The van der Waals surface area contributed by atoms with E-state index in [9.17, 15) is 14.7 Å². The molecule has 0 aliphatic heterocycles. The largest absolute Gasteiger partial charge is 0.480 e. The van der Waals surface area contributed by atoms with Crippen molar-refractivity contribution >= 4 is 38.7 Å². The van der Waals surface area contributed by atoms with Crippen LogP contribution < -0.4 is 5.32 Å². The molecule has 0 fully saturated rings. The van der Waals surface area contributed by atoms with Crippen molar-refractivity contribution in [2.24, 2.45) is 11.8 Å². The SMILES string of the molecule is CC(C)C(C)C(=O)NC(Cc1c[nH]c2cccc(Br)c12)C(=O)O. The van der Waals surface area contributed by atoms with E-state index in [0.717, 1.165) is 20.9 Å². The summed E-state index contributed by atoms with van der Waals surface area (Å²) < 4.78 is 0.900. The number of halogens is 1. The van der Waals surface area contributed by atoms with Gasteiger partial charge in [-0.25, -0.2) is 4.79 Å². The molecular formula is C17H21BrN2O3. The summed E-state index contributed by atoms with van der Waals surface area (Å²) in [6.45, 7) is 5.69. The van der Waals surface area contributed by atoms with Gasteiger partial charge in [-0.15, -0.1) is 0 Å². The third-order valence-corrected chi connectivity index (χ3v) is 4.85. The Balaban J connectivity index is 2.22. The second-order valence-electron chi connectivity index (χ2n) is 6.11. The minimum atomic E-state index is -1.03. The first kappa shape index (κ1) is 17.5. The highest BCUT2D eigenvalue weighted by atomic mass is 79.9. The predicted molar refractivity (Wildman–Crippen MR) is 93.3 cm³/mol. The van der Waals surface area contributed by atoms with Crippen molar-refractivity contribution in [3.63, 3.8) is 0 Å².